The van der Waals surface area contributed by atoms with E-state index in [0.29, 0.717) is 18.3 Å². The van der Waals surface area contributed by atoms with Crippen molar-refractivity contribution in [2.24, 2.45) is 51.2 Å². The molecule has 3 saturated carbocycles. The lowest BCUT2D eigenvalue weighted by Crippen LogP contribution is -2.65. The van der Waals surface area contributed by atoms with Crippen LogP contribution >= 0.6 is 0 Å². The lowest BCUT2D eigenvalue weighted by atomic mass is 9.34. The second kappa shape index (κ2) is 10.1. The fourth-order valence-electron chi connectivity index (χ4n) is 11.7. The lowest BCUT2D eigenvalue weighted by Gasteiger charge is -2.70. The Morgan fingerprint density at radius 1 is 0.952 bits per heavy atom. The summed E-state index contributed by atoms with van der Waals surface area (Å²) in [6.45, 7) is 16.6. The van der Waals surface area contributed by atoms with Crippen LogP contribution in [0.5, 0.6) is 0 Å². The van der Waals surface area contributed by atoms with Crippen molar-refractivity contribution >= 4 is 5.97 Å². The fraction of sp³-hybridized carbons (Fsp3) is 0.857. The van der Waals surface area contributed by atoms with E-state index in [1.54, 1.807) is 0 Å². The predicted molar refractivity (Wildman–Crippen MR) is 159 cm³/mol. The van der Waals surface area contributed by atoms with E-state index in [4.69, 9.17) is 9.47 Å². The van der Waals surface area contributed by atoms with Gasteiger partial charge in [0.05, 0.1) is 18.6 Å². The highest BCUT2D eigenvalue weighted by atomic mass is 16.7. The maximum atomic E-state index is 12.4. The molecule has 4 fully saturated rings. The van der Waals surface area contributed by atoms with Crippen LogP contribution in [0.3, 0.4) is 0 Å². The summed E-state index contributed by atoms with van der Waals surface area (Å²) >= 11 is 0. The molecule has 7 nitrogen and oxygen atoms in total. The van der Waals surface area contributed by atoms with Crippen molar-refractivity contribution in [3.05, 3.63) is 22.8 Å². The molecule has 0 aromatic carbocycles. The lowest BCUT2D eigenvalue weighted by molar-refractivity contribution is -0.308. The molecule has 0 amide bonds. The van der Waals surface area contributed by atoms with Gasteiger partial charge >= 0.3 is 5.97 Å². The van der Waals surface area contributed by atoms with Crippen molar-refractivity contribution in [1.82, 2.24) is 0 Å². The van der Waals surface area contributed by atoms with Crippen LogP contribution in [0.15, 0.2) is 22.8 Å². The summed E-state index contributed by atoms with van der Waals surface area (Å²) in [6.07, 6.45) is 5.76. The third kappa shape index (κ3) is 4.12. The van der Waals surface area contributed by atoms with E-state index in [1.165, 1.54) is 16.7 Å². The van der Waals surface area contributed by atoms with Crippen molar-refractivity contribution in [1.29, 1.82) is 0 Å². The van der Waals surface area contributed by atoms with Gasteiger partial charge in [-0.1, -0.05) is 57.4 Å². The van der Waals surface area contributed by atoms with Gasteiger partial charge in [0, 0.05) is 5.92 Å². The first-order valence-electron chi connectivity index (χ1n) is 16.5. The number of carboxylic acid groups (broad SMARTS) is 1. The van der Waals surface area contributed by atoms with Gasteiger partial charge in [0.15, 0.2) is 6.29 Å². The molecule has 5 aliphatic carbocycles. The van der Waals surface area contributed by atoms with Gasteiger partial charge < -0.3 is 29.9 Å². The second-order valence-corrected chi connectivity index (χ2v) is 16.3. The third-order valence-corrected chi connectivity index (χ3v) is 14.5. The zero-order chi connectivity index (χ0) is 30.6. The number of ether oxygens (including phenoxy) is 2. The molecule has 7 heteroatoms. The van der Waals surface area contributed by atoms with Gasteiger partial charge in [0.25, 0.3) is 0 Å². The number of carbonyl (C=O) groups is 1. The summed E-state index contributed by atoms with van der Waals surface area (Å²) in [6, 6.07) is 0. The Kier molecular flexibility index (Phi) is 7.42. The van der Waals surface area contributed by atoms with Crippen molar-refractivity contribution in [3.63, 3.8) is 0 Å². The first-order valence-corrected chi connectivity index (χ1v) is 16.5. The van der Waals surface area contributed by atoms with Gasteiger partial charge in [-0.25, -0.2) is 0 Å². The summed E-state index contributed by atoms with van der Waals surface area (Å²) in [5.74, 6) is 0.483. The minimum atomic E-state index is -1.27. The summed E-state index contributed by atoms with van der Waals surface area (Å²) in [5, 5.41) is 40.9. The van der Waals surface area contributed by atoms with Crippen LogP contribution in [0, 0.1) is 51.2 Å². The maximum Gasteiger partial charge on any atom is 0.307 e. The van der Waals surface area contributed by atoms with Crippen molar-refractivity contribution in [2.75, 3.05) is 6.61 Å². The number of fused-ring (bicyclic) bond motifs is 7. The number of carboxylic acids is 1. The van der Waals surface area contributed by atoms with Crippen molar-refractivity contribution < 1.29 is 34.7 Å². The largest absolute Gasteiger partial charge is 0.481 e. The highest BCUT2D eigenvalue weighted by molar-refractivity contribution is 5.72. The van der Waals surface area contributed by atoms with Gasteiger partial charge in [-0.05, 0) is 105 Å². The average molecular weight is 587 g/mol. The van der Waals surface area contributed by atoms with Crippen LogP contribution < -0.4 is 0 Å². The molecule has 0 aromatic heterocycles. The smallest absolute Gasteiger partial charge is 0.307 e. The highest BCUT2D eigenvalue weighted by Gasteiger charge is 2.67. The summed E-state index contributed by atoms with van der Waals surface area (Å²) in [7, 11) is 0. The summed E-state index contributed by atoms with van der Waals surface area (Å²) < 4.78 is 12.1. The Morgan fingerprint density at radius 3 is 2.36 bits per heavy atom. The molecule has 13 atom stereocenters. The van der Waals surface area contributed by atoms with Gasteiger partial charge in [0.2, 0.25) is 0 Å². The van der Waals surface area contributed by atoms with Crippen LogP contribution in [-0.4, -0.2) is 63.7 Å². The molecule has 42 heavy (non-hydrogen) atoms. The van der Waals surface area contributed by atoms with Crippen LogP contribution in [0.4, 0.5) is 0 Å². The molecule has 13 unspecified atom stereocenters. The zero-order valence-corrected chi connectivity index (χ0v) is 26.7. The van der Waals surface area contributed by atoms with Gasteiger partial charge in [-0.3, -0.25) is 4.79 Å². The standard InChI is InChI=1S/C35H54O7/c1-18-16-21(30(39)40)20-10-14-34(6)22(27(20)19(18)2)8-9-25-33(5)13-12-26(32(3,4)24(33)11-15-35(25,34)7)42-31-29(38)28(37)23(36)17-41-31/h8,20-21,23-29,31,36-38H,9-17H2,1-7H3,(H,39,40). The molecule has 236 valence electrons. The number of aliphatic hydroxyl groups excluding tert-OH is 3. The fourth-order valence-corrected chi connectivity index (χ4v) is 11.7. The third-order valence-electron chi connectivity index (χ3n) is 14.5. The Balaban J connectivity index is 1.30. The topological polar surface area (TPSA) is 116 Å². The molecule has 6 aliphatic rings. The highest BCUT2D eigenvalue weighted by Crippen LogP contribution is 2.74. The van der Waals surface area contributed by atoms with E-state index >= 15 is 0 Å². The Morgan fingerprint density at radius 2 is 1.67 bits per heavy atom. The molecule has 4 N–H and O–H groups in total. The van der Waals surface area contributed by atoms with E-state index < -0.39 is 30.6 Å². The number of allylic oxidation sites excluding steroid dienone is 4. The number of aliphatic hydroxyl groups is 3. The molecule has 1 heterocycles. The maximum absolute atomic E-state index is 12.4. The van der Waals surface area contributed by atoms with Crippen LogP contribution in [0.25, 0.3) is 0 Å². The Bertz CT molecular complexity index is 1170. The minimum absolute atomic E-state index is 0.0432. The number of hydrogen-bond acceptors (Lipinski definition) is 6. The van der Waals surface area contributed by atoms with Gasteiger partial charge in [0.1, 0.15) is 18.3 Å². The van der Waals surface area contributed by atoms with Crippen molar-refractivity contribution in [2.45, 2.75) is 131 Å². The molecule has 6 rings (SSSR count). The number of hydrogen-bond donors (Lipinski definition) is 4. The number of aliphatic carboxylic acids is 1. The van der Waals surface area contributed by atoms with E-state index in [1.807, 2.05) is 0 Å². The van der Waals surface area contributed by atoms with Crippen molar-refractivity contribution in [3.8, 4) is 0 Å². The minimum Gasteiger partial charge on any atom is -0.481 e. The molecule has 1 aliphatic heterocycles. The van der Waals surface area contributed by atoms with E-state index in [9.17, 15) is 25.2 Å². The molecule has 1 saturated heterocycles. The summed E-state index contributed by atoms with van der Waals surface area (Å²) in [5.41, 5.74) is 4.35. The first-order chi connectivity index (χ1) is 19.6. The average Bonchev–Trinajstić information content (AvgIpc) is 2.92. The second-order valence-electron chi connectivity index (χ2n) is 16.3. The van der Waals surface area contributed by atoms with Gasteiger partial charge in [-0.15, -0.1) is 0 Å². The molecule has 0 spiro atoms. The van der Waals surface area contributed by atoms with Crippen LogP contribution in [-0.2, 0) is 14.3 Å². The van der Waals surface area contributed by atoms with Gasteiger partial charge in [-0.2, -0.15) is 0 Å². The monoisotopic (exact) mass is 586 g/mol. The SMILES string of the molecule is CC1=C(C)C2C3=CCC4C5(C)CCC(OC6OCC(O)C(O)C6O)C(C)(C)C5CCC4(C)C3(C)CCC2C(C(=O)O)C1. The normalized spacial score (nSPS) is 51.9. The number of rotatable bonds is 3. The molecule has 0 radical (unpaired) electrons. The van der Waals surface area contributed by atoms with E-state index in [0.717, 1.165) is 44.9 Å². The quantitative estimate of drug-likeness (QED) is 0.256. The molecule has 0 aromatic rings. The van der Waals surface area contributed by atoms with Crippen LogP contribution in [0.2, 0.25) is 0 Å². The molecular formula is C35H54O7. The van der Waals surface area contributed by atoms with E-state index in [-0.39, 0.29) is 52.1 Å². The molecular weight excluding hydrogens is 532 g/mol. The van der Waals surface area contributed by atoms with Crippen LogP contribution in [0.1, 0.15) is 99.8 Å². The summed E-state index contributed by atoms with van der Waals surface area (Å²) in [4.78, 5) is 12.4. The zero-order valence-electron chi connectivity index (χ0n) is 26.7. The predicted octanol–water partition coefficient (Wildman–Crippen LogP) is 5.47. The Hall–Kier alpha value is -1.25. The Labute approximate surface area is 251 Å². The first kappa shape index (κ1) is 30.8. The van der Waals surface area contributed by atoms with E-state index in [2.05, 4.69) is 54.5 Å². The molecule has 0 bridgehead atoms.